The molecule has 0 N–H and O–H groups in total. The van der Waals surface area contributed by atoms with E-state index >= 15 is 0 Å². The normalized spacial score (nSPS) is 22.8. The molecule has 0 spiro atoms. The van der Waals surface area contributed by atoms with Crippen molar-refractivity contribution in [2.75, 3.05) is 26.2 Å². The lowest BCUT2D eigenvalue weighted by Gasteiger charge is -2.38. The molecule has 1 amide bonds. The molecule has 5 heteroatoms. The van der Waals surface area contributed by atoms with E-state index in [9.17, 15) is 4.79 Å². The van der Waals surface area contributed by atoms with E-state index in [1.54, 1.807) is 0 Å². The zero-order valence-corrected chi connectivity index (χ0v) is 17.1. The van der Waals surface area contributed by atoms with Crippen LogP contribution in [0.5, 0.6) is 0 Å². The predicted molar refractivity (Wildman–Crippen MR) is 105 cm³/mol. The number of piperidine rings is 1. The molecule has 2 saturated heterocycles. The van der Waals surface area contributed by atoms with Gasteiger partial charge >= 0.3 is 0 Å². The van der Waals surface area contributed by atoms with Gasteiger partial charge in [-0.1, -0.05) is 6.92 Å². The number of likely N-dealkylation sites (tertiary alicyclic amines) is 2. The number of aryl methyl sites for hydroxylation is 1. The minimum Gasteiger partial charge on any atom is -0.339 e. The molecule has 1 aromatic heterocycles. The Hall–Kier alpha value is -1.36. The van der Waals surface area contributed by atoms with Gasteiger partial charge in [0.2, 0.25) is 5.91 Å². The molecule has 2 unspecified atom stereocenters. The van der Waals surface area contributed by atoms with Crippen LogP contribution in [0.2, 0.25) is 0 Å². The Labute approximate surface area is 158 Å². The molecule has 2 aliphatic rings. The fourth-order valence-corrected chi connectivity index (χ4v) is 4.51. The maximum absolute atomic E-state index is 13.2. The Balaban J connectivity index is 1.60. The summed E-state index contributed by atoms with van der Waals surface area (Å²) in [5.41, 5.74) is 3.50. The van der Waals surface area contributed by atoms with Crippen molar-refractivity contribution in [2.24, 2.45) is 5.92 Å². The first-order chi connectivity index (χ1) is 12.5. The number of hydrogen-bond donors (Lipinski definition) is 0. The average molecular weight is 361 g/mol. The molecule has 0 aliphatic carbocycles. The van der Waals surface area contributed by atoms with Crippen LogP contribution >= 0.6 is 0 Å². The van der Waals surface area contributed by atoms with Gasteiger partial charge in [0.15, 0.2) is 0 Å². The van der Waals surface area contributed by atoms with Crippen molar-refractivity contribution in [1.82, 2.24) is 19.6 Å². The van der Waals surface area contributed by atoms with Gasteiger partial charge in [-0.2, -0.15) is 5.10 Å². The third kappa shape index (κ3) is 4.30. The summed E-state index contributed by atoms with van der Waals surface area (Å²) in [5.74, 6) is 0.307. The van der Waals surface area contributed by atoms with Gasteiger partial charge in [0.1, 0.15) is 0 Å². The highest BCUT2D eigenvalue weighted by Gasteiger charge is 2.30. The lowest BCUT2D eigenvalue weighted by molar-refractivity contribution is -0.139. The summed E-state index contributed by atoms with van der Waals surface area (Å²) >= 11 is 0. The summed E-state index contributed by atoms with van der Waals surface area (Å²) in [6.45, 7) is 13.6. The maximum Gasteiger partial charge on any atom is 0.227 e. The molecule has 3 rings (SSSR count). The molecule has 2 aliphatic heterocycles. The monoisotopic (exact) mass is 360 g/mol. The summed E-state index contributed by atoms with van der Waals surface area (Å²) in [6, 6.07) is 0.432. The maximum atomic E-state index is 13.2. The van der Waals surface area contributed by atoms with Crippen LogP contribution in [0.25, 0.3) is 0 Å². The standard InChI is InChI=1S/C21H36N4O/c1-16(15-25-19(4)17(2)18(3)22-25)21(26)24-13-6-5-9-20(24)10-14-23-11-7-8-12-23/h16,20H,5-15H2,1-4H3. The summed E-state index contributed by atoms with van der Waals surface area (Å²) in [4.78, 5) is 17.9. The average Bonchev–Trinajstić information content (AvgIpc) is 3.24. The Kier molecular flexibility index (Phi) is 6.38. The van der Waals surface area contributed by atoms with E-state index in [0.29, 0.717) is 18.5 Å². The molecule has 3 heterocycles. The minimum absolute atomic E-state index is 0.0141. The van der Waals surface area contributed by atoms with Gasteiger partial charge in [-0.3, -0.25) is 9.48 Å². The van der Waals surface area contributed by atoms with E-state index in [1.165, 1.54) is 50.0 Å². The third-order valence-corrected chi connectivity index (χ3v) is 6.50. The second-order valence-electron chi connectivity index (χ2n) is 8.40. The number of carbonyl (C=O) groups is 1. The van der Waals surface area contributed by atoms with Crippen molar-refractivity contribution >= 4 is 5.91 Å². The SMILES string of the molecule is Cc1nn(CC(C)C(=O)N2CCCCC2CCN2CCCC2)c(C)c1C. The fourth-order valence-electron chi connectivity index (χ4n) is 4.51. The van der Waals surface area contributed by atoms with Crippen molar-refractivity contribution in [1.29, 1.82) is 0 Å². The van der Waals surface area contributed by atoms with E-state index in [4.69, 9.17) is 0 Å². The van der Waals surface area contributed by atoms with Crippen molar-refractivity contribution in [3.05, 3.63) is 17.0 Å². The van der Waals surface area contributed by atoms with Crippen LogP contribution in [0.4, 0.5) is 0 Å². The molecule has 0 bridgehead atoms. The van der Waals surface area contributed by atoms with Gasteiger partial charge in [-0.15, -0.1) is 0 Å². The zero-order chi connectivity index (χ0) is 18.7. The summed E-state index contributed by atoms with van der Waals surface area (Å²) < 4.78 is 2.02. The lowest BCUT2D eigenvalue weighted by Crippen LogP contribution is -2.47. The fraction of sp³-hybridized carbons (Fsp3) is 0.810. The number of amides is 1. The highest BCUT2D eigenvalue weighted by Crippen LogP contribution is 2.24. The molecule has 0 aromatic carbocycles. The Morgan fingerprint density at radius 3 is 2.46 bits per heavy atom. The molecular formula is C21H36N4O. The largest absolute Gasteiger partial charge is 0.339 e. The summed E-state index contributed by atoms with van der Waals surface area (Å²) in [5, 5.41) is 4.62. The Bertz CT molecular complexity index is 618. The number of rotatable bonds is 6. The molecule has 0 saturated carbocycles. The van der Waals surface area contributed by atoms with E-state index in [-0.39, 0.29) is 5.92 Å². The van der Waals surface area contributed by atoms with Gasteiger partial charge < -0.3 is 9.80 Å². The summed E-state index contributed by atoms with van der Waals surface area (Å²) in [6.07, 6.45) is 7.40. The highest BCUT2D eigenvalue weighted by atomic mass is 16.2. The quantitative estimate of drug-likeness (QED) is 0.781. The van der Waals surface area contributed by atoms with Crippen LogP contribution in [0.15, 0.2) is 0 Å². The summed E-state index contributed by atoms with van der Waals surface area (Å²) in [7, 11) is 0. The molecule has 2 fully saturated rings. The van der Waals surface area contributed by atoms with Crippen LogP contribution in [0, 0.1) is 26.7 Å². The molecule has 1 aromatic rings. The Morgan fingerprint density at radius 1 is 1.12 bits per heavy atom. The smallest absolute Gasteiger partial charge is 0.227 e. The van der Waals surface area contributed by atoms with E-state index in [0.717, 1.165) is 31.6 Å². The Morgan fingerprint density at radius 2 is 1.81 bits per heavy atom. The molecule has 2 atom stereocenters. The van der Waals surface area contributed by atoms with Crippen molar-refractivity contribution in [2.45, 2.75) is 78.8 Å². The van der Waals surface area contributed by atoms with Crippen molar-refractivity contribution in [3.63, 3.8) is 0 Å². The number of hydrogen-bond acceptors (Lipinski definition) is 3. The first-order valence-electron chi connectivity index (χ1n) is 10.5. The molecule has 5 nitrogen and oxygen atoms in total. The van der Waals surface area contributed by atoms with Gasteiger partial charge in [-0.25, -0.2) is 0 Å². The van der Waals surface area contributed by atoms with Crippen LogP contribution in [-0.2, 0) is 11.3 Å². The van der Waals surface area contributed by atoms with Crippen LogP contribution < -0.4 is 0 Å². The van der Waals surface area contributed by atoms with Gasteiger partial charge in [0.25, 0.3) is 0 Å². The first kappa shape index (κ1) is 19.4. The molecule has 0 radical (unpaired) electrons. The first-order valence-corrected chi connectivity index (χ1v) is 10.5. The van der Waals surface area contributed by atoms with Crippen molar-refractivity contribution < 1.29 is 4.79 Å². The second-order valence-corrected chi connectivity index (χ2v) is 8.40. The van der Waals surface area contributed by atoms with Gasteiger partial charge in [-0.05, 0) is 77.9 Å². The molecule has 146 valence electrons. The van der Waals surface area contributed by atoms with Crippen LogP contribution in [0.1, 0.15) is 62.4 Å². The van der Waals surface area contributed by atoms with E-state index in [1.807, 2.05) is 11.6 Å². The van der Waals surface area contributed by atoms with Crippen LogP contribution in [-0.4, -0.2) is 57.7 Å². The predicted octanol–water partition coefficient (Wildman–Crippen LogP) is 3.31. The topological polar surface area (TPSA) is 41.4 Å². The van der Waals surface area contributed by atoms with E-state index < -0.39 is 0 Å². The third-order valence-electron chi connectivity index (χ3n) is 6.50. The van der Waals surface area contributed by atoms with E-state index in [2.05, 4.69) is 35.7 Å². The van der Waals surface area contributed by atoms with Crippen LogP contribution in [0.3, 0.4) is 0 Å². The lowest BCUT2D eigenvalue weighted by atomic mass is 9.97. The molecule has 26 heavy (non-hydrogen) atoms. The second kappa shape index (κ2) is 8.55. The highest BCUT2D eigenvalue weighted by molar-refractivity contribution is 5.78. The number of nitrogens with zero attached hydrogens (tertiary/aromatic N) is 4. The number of carbonyl (C=O) groups excluding carboxylic acids is 1. The van der Waals surface area contributed by atoms with Gasteiger partial charge in [0, 0.05) is 24.8 Å². The zero-order valence-electron chi connectivity index (χ0n) is 17.1. The molecular weight excluding hydrogens is 324 g/mol. The van der Waals surface area contributed by atoms with Gasteiger partial charge in [0.05, 0.1) is 18.2 Å². The van der Waals surface area contributed by atoms with Crippen molar-refractivity contribution in [3.8, 4) is 0 Å². The minimum atomic E-state index is -0.0141. The number of aromatic nitrogens is 2.